The maximum Gasteiger partial charge on any atom is 0.534 e. The number of benzene rings is 2. The Morgan fingerprint density at radius 3 is 2.36 bits per heavy atom. The van der Waals surface area contributed by atoms with Crippen molar-refractivity contribution in [2.24, 2.45) is 0 Å². The standard InChI is InChI=1S/C13H9F3O5S/c1-7-2-3-8-6-9(21-22(19,20)13(14,15)16)4-5-10(8)11(7)12(17)18/h2-6H,1H3,(H,17,18). The molecule has 0 unspecified atom stereocenters. The number of aryl methyl sites for hydroxylation is 1. The lowest BCUT2D eigenvalue weighted by molar-refractivity contribution is -0.0500. The lowest BCUT2D eigenvalue weighted by Gasteiger charge is -2.11. The van der Waals surface area contributed by atoms with Gasteiger partial charge < -0.3 is 9.29 Å². The van der Waals surface area contributed by atoms with Crippen molar-refractivity contribution in [3.05, 3.63) is 41.5 Å². The van der Waals surface area contributed by atoms with Crippen molar-refractivity contribution in [2.75, 3.05) is 0 Å². The van der Waals surface area contributed by atoms with Crippen LogP contribution in [0, 0.1) is 6.92 Å². The number of carbonyl (C=O) groups is 1. The first-order chi connectivity index (χ1) is 10.0. The summed E-state index contributed by atoms with van der Waals surface area (Å²) in [7, 11) is -5.77. The van der Waals surface area contributed by atoms with E-state index in [9.17, 15) is 26.4 Å². The zero-order valence-corrected chi connectivity index (χ0v) is 11.8. The first-order valence-corrected chi connectivity index (χ1v) is 7.21. The predicted molar refractivity (Wildman–Crippen MR) is 71.2 cm³/mol. The number of halogens is 3. The molecule has 0 radical (unpaired) electrons. The van der Waals surface area contributed by atoms with E-state index in [1.54, 1.807) is 6.92 Å². The Morgan fingerprint density at radius 1 is 1.18 bits per heavy atom. The van der Waals surface area contributed by atoms with Crippen LogP contribution in [0.1, 0.15) is 15.9 Å². The van der Waals surface area contributed by atoms with Crippen molar-refractivity contribution in [1.82, 2.24) is 0 Å². The Morgan fingerprint density at radius 2 is 1.82 bits per heavy atom. The fourth-order valence-electron chi connectivity index (χ4n) is 1.93. The van der Waals surface area contributed by atoms with Gasteiger partial charge in [0.25, 0.3) is 0 Å². The molecular formula is C13H9F3O5S. The maximum atomic E-state index is 12.3. The van der Waals surface area contributed by atoms with Crippen LogP contribution in [-0.2, 0) is 10.1 Å². The Balaban J connectivity index is 2.54. The lowest BCUT2D eigenvalue weighted by Crippen LogP contribution is -2.28. The van der Waals surface area contributed by atoms with Gasteiger partial charge in [-0.3, -0.25) is 0 Å². The topological polar surface area (TPSA) is 80.7 Å². The monoisotopic (exact) mass is 334 g/mol. The average Bonchev–Trinajstić information content (AvgIpc) is 2.36. The molecule has 2 aromatic carbocycles. The molecule has 2 aromatic rings. The second-order valence-corrected chi connectivity index (χ2v) is 5.97. The van der Waals surface area contributed by atoms with E-state index in [2.05, 4.69) is 4.18 Å². The summed E-state index contributed by atoms with van der Waals surface area (Å²) in [6.45, 7) is 1.57. The summed E-state index contributed by atoms with van der Waals surface area (Å²) in [6, 6.07) is 6.13. The summed E-state index contributed by atoms with van der Waals surface area (Å²) < 4.78 is 62.7. The van der Waals surface area contributed by atoms with Crippen molar-refractivity contribution >= 4 is 26.9 Å². The maximum absolute atomic E-state index is 12.3. The predicted octanol–water partition coefficient (Wildman–Crippen LogP) is 3.07. The van der Waals surface area contributed by atoms with Crippen molar-refractivity contribution in [3.63, 3.8) is 0 Å². The minimum absolute atomic E-state index is 0.0114. The van der Waals surface area contributed by atoms with E-state index >= 15 is 0 Å². The van der Waals surface area contributed by atoms with E-state index in [4.69, 9.17) is 5.11 Å². The number of aromatic carboxylic acids is 1. The Bertz CT molecular complexity index is 856. The number of fused-ring (bicyclic) bond motifs is 1. The van der Waals surface area contributed by atoms with E-state index in [1.165, 1.54) is 18.2 Å². The molecule has 0 amide bonds. The number of rotatable bonds is 3. The SMILES string of the molecule is Cc1ccc2cc(OS(=O)(=O)C(F)(F)F)ccc2c1C(=O)O. The molecule has 0 heterocycles. The molecule has 0 aliphatic heterocycles. The van der Waals surface area contributed by atoms with Crippen LogP contribution in [0.25, 0.3) is 10.8 Å². The summed E-state index contributed by atoms with van der Waals surface area (Å²) >= 11 is 0. The molecule has 0 spiro atoms. The lowest BCUT2D eigenvalue weighted by atomic mass is 10.00. The first kappa shape index (κ1) is 16.1. The van der Waals surface area contributed by atoms with E-state index in [0.717, 1.165) is 12.1 Å². The number of carboxylic acid groups (broad SMARTS) is 1. The third-order valence-electron chi connectivity index (χ3n) is 2.90. The van der Waals surface area contributed by atoms with Gasteiger partial charge in [-0.15, -0.1) is 0 Å². The molecule has 0 fully saturated rings. The summed E-state index contributed by atoms with van der Waals surface area (Å²) in [5, 5.41) is 9.67. The normalized spacial score (nSPS) is 12.4. The van der Waals surface area contributed by atoms with Crippen LogP contribution >= 0.6 is 0 Å². The second-order valence-electron chi connectivity index (χ2n) is 4.43. The van der Waals surface area contributed by atoms with Crippen LogP contribution in [-0.4, -0.2) is 25.0 Å². The molecule has 0 aromatic heterocycles. The van der Waals surface area contributed by atoms with Crippen molar-refractivity contribution in [2.45, 2.75) is 12.4 Å². The van der Waals surface area contributed by atoms with Gasteiger partial charge in [0.2, 0.25) is 0 Å². The fourth-order valence-corrected chi connectivity index (χ4v) is 2.38. The van der Waals surface area contributed by atoms with Gasteiger partial charge in [-0.2, -0.15) is 21.6 Å². The van der Waals surface area contributed by atoms with Crippen molar-refractivity contribution in [1.29, 1.82) is 0 Å². The molecule has 1 N–H and O–H groups in total. The van der Waals surface area contributed by atoms with Crippen LogP contribution in [0.2, 0.25) is 0 Å². The second kappa shape index (κ2) is 5.16. The third-order valence-corrected chi connectivity index (χ3v) is 3.88. The third kappa shape index (κ3) is 2.84. The molecule has 0 saturated heterocycles. The molecular weight excluding hydrogens is 325 g/mol. The molecule has 22 heavy (non-hydrogen) atoms. The largest absolute Gasteiger partial charge is 0.534 e. The summed E-state index contributed by atoms with van der Waals surface area (Å²) in [5.74, 6) is -1.75. The molecule has 2 rings (SSSR count). The van der Waals surface area contributed by atoms with Gasteiger partial charge in [0.1, 0.15) is 5.75 Å². The van der Waals surface area contributed by atoms with E-state index in [-0.39, 0.29) is 16.3 Å². The van der Waals surface area contributed by atoms with Gasteiger partial charge in [0, 0.05) is 0 Å². The molecule has 0 saturated carbocycles. The Labute approximate surface area is 123 Å². The fraction of sp³-hybridized carbons (Fsp3) is 0.154. The van der Waals surface area contributed by atoms with E-state index in [1.807, 2.05) is 0 Å². The zero-order chi connectivity index (χ0) is 16.7. The van der Waals surface area contributed by atoms with Crippen LogP contribution < -0.4 is 4.18 Å². The molecule has 0 bridgehead atoms. The number of hydrogen-bond donors (Lipinski definition) is 1. The summed E-state index contributed by atoms with van der Waals surface area (Å²) in [5.41, 5.74) is -5.08. The number of alkyl halides is 3. The van der Waals surface area contributed by atoms with Crippen LogP contribution in [0.4, 0.5) is 13.2 Å². The van der Waals surface area contributed by atoms with Gasteiger partial charge in [-0.1, -0.05) is 12.1 Å². The highest BCUT2D eigenvalue weighted by atomic mass is 32.2. The Kier molecular flexibility index (Phi) is 3.78. The van der Waals surface area contributed by atoms with Gasteiger partial charge in [0.15, 0.2) is 0 Å². The van der Waals surface area contributed by atoms with Crippen LogP contribution in [0.3, 0.4) is 0 Å². The van der Waals surface area contributed by atoms with Gasteiger partial charge in [0.05, 0.1) is 5.56 Å². The van der Waals surface area contributed by atoms with Crippen LogP contribution in [0.15, 0.2) is 30.3 Å². The molecule has 0 atom stereocenters. The minimum atomic E-state index is -5.77. The van der Waals surface area contributed by atoms with Gasteiger partial charge in [-0.25, -0.2) is 4.79 Å². The highest BCUT2D eigenvalue weighted by molar-refractivity contribution is 7.88. The smallest absolute Gasteiger partial charge is 0.478 e. The van der Waals surface area contributed by atoms with E-state index < -0.39 is 27.3 Å². The van der Waals surface area contributed by atoms with Gasteiger partial charge >= 0.3 is 21.6 Å². The highest BCUT2D eigenvalue weighted by Crippen LogP contribution is 2.30. The molecule has 9 heteroatoms. The molecule has 5 nitrogen and oxygen atoms in total. The van der Waals surface area contributed by atoms with Gasteiger partial charge in [-0.05, 0) is 41.5 Å². The summed E-state index contributed by atoms with van der Waals surface area (Å²) in [4.78, 5) is 11.2. The van der Waals surface area contributed by atoms with Crippen molar-refractivity contribution < 1.29 is 35.7 Å². The van der Waals surface area contributed by atoms with Crippen molar-refractivity contribution in [3.8, 4) is 5.75 Å². The minimum Gasteiger partial charge on any atom is -0.478 e. The number of carboxylic acids is 1. The van der Waals surface area contributed by atoms with E-state index in [0.29, 0.717) is 5.56 Å². The highest BCUT2D eigenvalue weighted by Gasteiger charge is 2.48. The molecule has 118 valence electrons. The quantitative estimate of drug-likeness (QED) is 0.689. The number of hydrogen-bond acceptors (Lipinski definition) is 4. The zero-order valence-electron chi connectivity index (χ0n) is 11.0. The first-order valence-electron chi connectivity index (χ1n) is 5.80. The molecule has 0 aliphatic rings. The Hall–Kier alpha value is -2.29. The summed E-state index contributed by atoms with van der Waals surface area (Å²) in [6.07, 6.45) is 0. The molecule has 0 aliphatic carbocycles. The van der Waals surface area contributed by atoms with Crippen LogP contribution in [0.5, 0.6) is 5.75 Å². The average molecular weight is 334 g/mol.